The second-order valence-electron chi connectivity index (χ2n) is 5.80. The maximum Gasteiger partial charge on any atom is 0.249 e. The third-order valence-corrected chi connectivity index (χ3v) is 6.08. The number of sulfonamides is 1. The van der Waals surface area contributed by atoms with Gasteiger partial charge in [-0.15, -0.1) is 12.4 Å². The molecule has 0 saturated carbocycles. The average Bonchev–Trinajstić information content (AvgIpc) is 2.96. The zero-order chi connectivity index (χ0) is 18.4. The topological polar surface area (TPSA) is 63.4 Å². The first kappa shape index (κ1) is 20.6. The Labute approximate surface area is 154 Å². The zero-order valence-electron chi connectivity index (χ0n) is 13.2. The van der Waals surface area contributed by atoms with Crippen LogP contribution in [0.15, 0.2) is 41.3 Å². The van der Waals surface area contributed by atoms with E-state index < -0.39 is 50.1 Å². The third-order valence-electron chi connectivity index (χ3n) is 4.23. The summed E-state index contributed by atoms with van der Waals surface area (Å²) in [6.07, 6.45) is 0. The third kappa shape index (κ3) is 3.44. The maximum atomic E-state index is 13.9. The molecule has 1 heterocycles. The normalized spacial score (nSPS) is 20.8. The van der Waals surface area contributed by atoms with Gasteiger partial charge in [-0.2, -0.15) is 4.31 Å². The van der Waals surface area contributed by atoms with Gasteiger partial charge >= 0.3 is 0 Å². The Morgan fingerprint density at radius 3 is 2.04 bits per heavy atom. The smallest absolute Gasteiger partial charge is 0.249 e. The molecule has 1 saturated heterocycles. The fraction of sp³-hybridized carbons (Fsp3) is 0.250. The fourth-order valence-electron chi connectivity index (χ4n) is 2.95. The van der Waals surface area contributed by atoms with Crippen LogP contribution in [-0.4, -0.2) is 31.9 Å². The number of nitrogens with two attached hydrogens (primary N) is 1. The molecule has 2 aromatic carbocycles. The van der Waals surface area contributed by atoms with Gasteiger partial charge in [-0.05, 0) is 5.56 Å². The highest BCUT2D eigenvalue weighted by molar-refractivity contribution is 7.89. The Balaban J connectivity index is 0.00000243. The SMILES string of the molecule is Cl.N[C@@H]1CN(S(=O)(=O)c2c(F)c(F)cc(F)c2F)C[C@H]1c1ccccc1. The Morgan fingerprint density at radius 2 is 1.50 bits per heavy atom. The van der Waals surface area contributed by atoms with Crippen LogP contribution in [0.5, 0.6) is 0 Å². The van der Waals surface area contributed by atoms with Crippen LogP contribution in [0.2, 0.25) is 0 Å². The maximum absolute atomic E-state index is 13.9. The second-order valence-corrected chi connectivity index (χ2v) is 7.68. The molecule has 1 aliphatic rings. The first-order chi connectivity index (χ1) is 11.7. The van der Waals surface area contributed by atoms with Crippen molar-refractivity contribution >= 4 is 22.4 Å². The first-order valence-corrected chi connectivity index (χ1v) is 8.81. The summed E-state index contributed by atoms with van der Waals surface area (Å²) in [5.74, 6) is -7.85. The van der Waals surface area contributed by atoms with Gasteiger partial charge < -0.3 is 5.73 Å². The van der Waals surface area contributed by atoms with Crippen molar-refractivity contribution in [2.45, 2.75) is 16.9 Å². The van der Waals surface area contributed by atoms with Crippen LogP contribution >= 0.6 is 12.4 Å². The van der Waals surface area contributed by atoms with Crippen molar-refractivity contribution in [3.63, 3.8) is 0 Å². The molecule has 142 valence electrons. The number of halogens is 5. The van der Waals surface area contributed by atoms with Crippen molar-refractivity contribution in [3.8, 4) is 0 Å². The molecule has 0 radical (unpaired) electrons. The molecule has 4 nitrogen and oxygen atoms in total. The summed E-state index contributed by atoms with van der Waals surface area (Å²) in [7, 11) is -4.80. The lowest BCUT2D eigenvalue weighted by atomic mass is 9.95. The molecule has 0 bridgehead atoms. The predicted octanol–water partition coefficient (Wildman–Crippen LogP) is 2.78. The summed E-state index contributed by atoms with van der Waals surface area (Å²) in [6, 6.07) is 8.13. The molecular formula is C16H15ClF4N2O2S. The minimum atomic E-state index is -4.80. The molecule has 0 unspecified atom stereocenters. The van der Waals surface area contributed by atoms with Crippen molar-refractivity contribution in [1.82, 2.24) is 4.31 Å². The summed E-state index contributed by atoms with van der Waals surface area (Å²) >= 11 is 0. The van der Waals surface area contributed by atoms with Crippen LogP contribution in [0.3, 0.4) is 0 Å². The average molecular weight is 411 g/mol. The predicted molar refractivity (Wildman–Crippen MR) is 89.4 cm³/mol. The molecular weight excluding hydrogens is 396 g/mol. The van der Waals surface area contributed by atoms with Gasteiger partial charge in [-0.1, -0.05) is 30.3 Å². The van der Waals surface area contributed by atoms with Crippen molar-refractivity contribution < 1.29 is 26.0 Å². The summed E-state index contributed by atoms with van der Waals surface area (Å²) in [4.78, 5) is -1.63. The van der Waals surface area contributed by atoms with E-state index in [-0.39, 0.29) is 31.6 Å². The van der Waals surface area contributed by atoms with Gasteiger partial charge in [0, 0.05) is 31.1 Å². The number of hydrogen-bond acceptors (Lipinski definition) is 3. The highest BCUT2D eigenvalue weighted by Crippen LogP contribution is 2.33. The van der Waals surface area contributed by atoms with Gasteiger partial charge in [-0.3, -0.25) is 0 Å². The second kappa shape index (κ2) is 7.51. The van der Waals surface area contributed by atoms with Crippen LogP contribution in [0.1, 0.15) is 11.5 Å². The summed E-state index contributed by atoms with van der Waals surface area (Å²) < 4.78 is 80.4. The highest BCUT2D eigenvalue weighted by Gasteiger charge is 2.41. The fourth-order valence-corrected chi connectivity index (χ4v) is 4.58. The van der Waals surface area contributed by atoms with Gasteiger partial charge in [0.15, 0.2) is 28.2 Å². The minimum absolute atomic E-state index is 0. The molecule has 1 aliphatic heterocycles. The van der Waals surface area contributed by atoms with Gasteiger partial charge in [0.1, 0.15) is 0 Å². The van der Waals surface area contributed by atoms with Crippen molar-refractivity contribution in [2.75, 3.05) is 13.1 Å². The molecule has 26 heavy (non-hydrogen) atoms. The van der Waals surface area contributed by atoms with Crippen LogP contribution in [0, 0.1) is 23.3 Å². The van der Waals surface area contributed by atoms with Crippen molar-refractivity contribution in [2.24, 2.45) is 5.73 Å². The van der Waals surface area contributed by atoms with E-state index in [0.29, 0.717) is 0 Å². The van der Waals surface area contributed by atoms with Gasteiger partial charge in [0.25, 0.3) is 0 Å². The van der Waals surface area contributed by atoms with Crippen LogP contribution in [0.4, 0.5) is 17.6 Å². The number of rotatable bonds is 3. The van der Waals surface area contributed by atoms with Crippen LogP contribution in [0.25, 0.3) is 0 Å². The van der Waals surface area contributed by atoms with E-state index in [4.69, 9.17) is 5.73 Å². The van der Waals surface area contributed by atoms with Gasteiger partial charge in [0.2, 0.25) is 10.0 Å². The van der Waals surface area contributed by atoms with Crippen LogP contribution < -0.4 is 5.73 Å². The Kier molecular flexibility index (Phi) is 5.96. The molecule has 2 aromatic rings. The van der Waals surface area contributed by atoms with Crippen LogP contribution in [-0.2, 0) is 10.0 Å². The zero-order valence-corrected chi connectivity index (χ0v) is 14.8. The summed E-state index contributed by atoms with van der Waals surface area (Å²) in [6.45, 7) is -0.372. The molecule has 0 spiro atoms. The quantitative estimate of drug-likeness (QED) is 0.625. The standard InChI is InChI=1S/C16H14F4N2O2S.ClH/c17-11-6-12(18)15(20)16(14(11)19)25(23,24)22-7-10(13(21)8-22)9-4-2-1-3-5-9;/h1-6,10,13H,7-8,21H2;1H/t10-,13+;/m0./s1. The number of benzene rings is 2. The minimum Gasteiger partial charge on any atom is -0.326 e. The molecule has 10 heteroatoms. The summed E-state index contributed by atoms with van der Waals surface area (Å²) in [5, 5.41) is 0. The monoisotopic (exact) mass is 410 g/mol. The van der Waals surface area contributed by atoms with E-state index in [1.807, 2.05) is 0 Å². The van der Waals surface area contributed by atoms with E-state index in [1.54, 1.807) is 30.3 Å². The highest BCUT2D eigenvalue weighted by atomic mass is 35.5. The summed E-state index contributed by atoms with van der Waals surface area (Å²) in [5.41, 5.74) is 6.73. The van der Waals surface area contributed by atoms with Crippen molar-refractivity contribution in [1.29, 1.82) is 0 Å². The first-order valence-electron chi connectivity index (χ1n) is 7.37. The Bertz CT molecular complexity index is 886. The molecule has 0 aromatic heterocycles. The van der Waals surface area contributed by atoms with Gasteiger partial charge in [-0.25, -0.2) is 26.0 Å². The number of hydrogen-bond donors (Lipinski definition) is 1. The largest absolute Gasteiger partial charge is 0.326 e. The molecule has 3 rings (SSSR count). The van der Waals surface area contributed by atoms with Crippen molar-refractivity contribution in [3.05, 3.63) is 65.2 Å². The van der Waals surface area contributed by atoms with E-state index in [1.165, 1.54) is 0 Å². The lowest BCUT2D eigenvalue weighted by Gasteiger charge is -2.18. The molecule has 1 fully saturated rings. The number of nitrogens with zero attached hydrogens (tertiary/aromatic N) is 1. The molecule has 0 amide bonds. The Morgan fingerprint density at radius 1 is 0.962 bits per heavy atom. The van der Waals surface area contributed by atoms with E-state index >= 15 is 0 Å². The Hall–Kier alpha value is -1.68. The molecule has 0 aliphatic carbocycles. The molecule has 2 N–H and O–H groups in total. The van der Waals surface area contributed by atoms with Gasteiger partial charge in [0.05, 0.1) is 0 Å². The van der Waals surface area contributed by atoms with E-state index in [9.17, 15) is 26.0 Å². The van der Waals surface area contributed by atoms with E-state index in [2.05, 4.69) is 0 Å². The van der Waals surface area contributed by atoms with E-state index in [0.717, 1.165) is 9.87 Å². The lowest BCUT2D eigenvalue weighted by Crippen LogP contribution is -2.33. The lowest BCUT2D eigenvalue weighted by molar-refractivity contribution is 0.404. The molecule has 2 atom stereocenters.